The molecule has 0 bridgehead atoms. The molecule has 1 fully saturated rings. The Morgan fingerprint density at radius 2 is 2.14 bits per heavy atom. The number of nitrogens with one attached hydrogen (secondary N) is 1. The minimum atomic E-state index is -0.0912. The zero-order valence-electron chi connectivity index (χ0n) is 8.07. The number of hydrogen-bond acceptors (Lipinski definition) is 3. The van der Waals surface area contributed by atoms with Crippen molar-refractivity contribution < 1.29 is 5.11 Å². The highest BCUT2D eigenvalue weighted by atomic mass is 32.2. The van der Waals surface area contributed by atoms with E-state index in [0.29, 0.717) is 0 Å². The minimum absolute atomic E-state index is 0.0912. The summed E-state index contributed by atoms with van der Waals surface area (Å²) in [5.41, 5.74) is 1.01. The number of hydrogen-bond donors (Lipinski definition) is 2. The van der Waals surface area contributed by atoms with Crippen molar-refractivity contribution in [3.05, 3.63) is 30.3 Å². The van der Waals surface area contributed by atoms with Gasteiger partial charge in [0.05, 0.1) is 12.1 Å². The Kier molecular flexibility index (Phi) is 2.99. The zero-order chi connectivity index (χ0) is 9.86. The van der Waals surface area contributed by atoms with E-state index in [-0.39, 0.29) is 12.1 Å². The second-order valence-electron chi connectivity index (χ2n) is 3.73. The van der Waals surface area contributed by atoms with Crippen LogP contribution in [0, 0.1) is 0 Å². The number of aliphatic hydroxyl groups is 1. The summed E-state index contributed by atoms with van der Waals surface area (Å²) in [6.45, 7) is 0.217. The van der Waals surface area contributed by atoms with E-state index < -0.39 is 0 Å². The van der Waals surface area contributed by atoms with Crippen molar-refractivity contribution in [2.24, 2.45) is 0 Å². The van der Waals surface area contributed by atoms with E-state index in [1.54, 1.807) is 0 Å². The van der Waals surface area contributed by atoms with Gasteiger partial charge >= 0.3 is 0 Å². The van der Waals surface area contributed by atoms with Crippen LogP contribution < -0.4 is 5.32 Å². The molecule has 0 spiro atoms. The topological polar surface area (TPSA) is 32.3 Å². The van der Waals surface area contributed by atoms with Gasteiger partial charge in [0.15, 0.2) is 0 Å². The molecule has 0 radical (unpaired) electrons. The normalized spacial score (nSPS) is 26.4. The van der Waals surface area contributed by atoms with Crippen LogP contribution in [0.25, 0.3) is 0 Å². The Morgan fingerprint density at radius 3 is 2.71 bits per heavy atom. The first-order valence-electron chi connectivity index (χ1n) is 4.86. The Bertz CT molecular complexity index is 283. The van der Waals surface area contributed by atoms with E-state index in [2.05, 4.69) is 5.32 Å². The van der Waals surface area contributed by atoms with Crippen molar-refractivity contribution in [1.29, 1.82) is 0 Å². The molecule has 1 aromatic rings. The van der Waals surface area contributed by atoms with E-state index in [1.807, 2.05) is 42.1 Å². The molecule has 2 nitrogen and oxygen atoms in total. The van der Waals surface area contributed by atoms with Crippen LogP contribution in [0.15, 0.2) is 30.3 Å². The second-order valence-corrected chi connectivity index (χ2v) is 4.84. The molecule has 1 aliphatic heterocycles. The van der Waals surface area contributed by atoms with Gasteiger partial charge < -0.3 is 10.4 Å². The van der Waals surface area contributed by atoms with Gasteiger partial charge in [-0.15, -0.1) is 0 Å². The van der Waals surface area contributed by atoms with Gasteiger partial charge in [0.2, 0.25) is 0 Å². The first-order valence-corrected chi connectivity index (χ1v) is 6.02. The highest BCUT2D eigenvalue weighted by Gasteiger charge is 2.33. The molecule has 14 heavy (non-hydrogen) atoms. The minimum Gasteiger partial charge on any atom is -0.394 e. The number of rotatable bonds is 3. The summed E-state index contributed by atoms with van der Waals surface area (Å²) < 4.78 is 0. The van der Waals surface area contributed by atoms with E-state index in [0.717, 1.165) is 23.6 Å². The number of thioether (sulfide) groups is 1. The maximum atomic E-state index is 9.40. The molecule has 1 aliphatic rings. The first-order chi connectivity index (χ1) is 6.85. The van der Waals surface area contributed by atoms with Crippen LogP contribution in [0.4, 0.5) is 5.69 Å². The monoisotopic (exact) mass is 209 g/mol. The van der Waals surface area contributed by atoms with Crippen molar-refractivity contribution in [1.82, 2.24) is 0 Å². The van der Waals surface area contributed by atoms with Crippen LogP contribution in [-0.4, -0.2) is 28.8 Å². The number of para-hydroxylation sites is 1. The fourth-order valence-corrected chi connectivity index (χ4v) is 3.08. The molecule has 0 aliphatic carbocycles. The van der Waals surface area contributed by atoms with Crippen LogP contribution >= 0.6 is 11.8 Å². The van der Waals surface area contributed by atoms with Crippen LogP contribution in [0.5, 0.6) is 0 Å². The molecule has 3 heteroatoms. The maximum Gasteiger partial charge on any atom is 0.0701 e. The predicted molar refractivity (Wildman–Crippen MR) is 61.8 cm³/mol. The SMILES string of the molecule is OCC1(Nc2ccccc2)CCSC1. The number of aliphatic hydroxyl groups excluding tert-OH is 1. The van der Waals surface area contributed by atoms with Crippen molar-refractivity contribution >= 4 is 17.4 Å². The van der Waals surface area contributed by atoms with Crippen LogP contribution in [-0.2, 0) is 0 Å². The molecule has 0 amide bonds. The Morgan fingerprint density at radius 1 is 1.36 bits per heavy atom. The summed E-state index contributed by atoms with van der Waals surface area (Å²) in [5, 5.41) is 12.8. The second kappa shape index (κ2) is 4.24. The molecule has 1 unspecified atom stereocenters. The van der Waals surface area contributed by atoms with Crippen molar-refractivity contribution in [2.75, 3.05) is 23.4 Å². The molecule has 0 aromatic heterocycles. The smallest absolute Gasteiger partial charge is 0.0701 e. The molecule has 0 saturated carbocycles. The average Bonchev–Trinajstić information content (AvgIpc) is 2.69. The fourth-order valence-electron chi connectivity index (χ4n) is 1.70. The summed E-state index contributed by atoms with van der Waals surface area (Å²) in [7, 11) is 0. The maximum absolute atomic E-state index is 9.40. The van der Waals surface area contributed by atoms with Crippen LogP contribution in [0.2, 0.25) is 0 Å². The van der Waals surface area contributed by atoms with Crippen molar-refractivity contribution in [2.45, 2.75) is 12.0 Å². The molecule has 2 N–H and O–H groups in total. The molecule has 76 valence electrons. The van der Waals surface area contributed by atoms with E-state index in [9.17, 15) is 5.11 Å². The summed E-state index contributed by atoms with van der Waals surface area (Å²) >= 11 is 1.90. The predicted octanol–water partition coefficient (Wildman–Crippen LogP) is 1.97. The first kappa shape index (κ1) is 9.87. The highest BCUT2D eigenvalue weighted by molar-refractivity contribution is 7.99. The van der Waals surface area contributed by atoms with Gasteiger partial charge in [-0.3, -0.25) is 0 Å². The molecular formula is C11H15NOS. The fraction of sp³-hybridized carbons (Fsp3) is 0.455. The van der Waals surface area contributed by atoms with Crippen molar-refractivity contribution in [3.63, 3.8) is 0 Å². The third-order valence-electron chi connectivity index (χ3n) is 2.59. The molecule has 2 rings (SSSR count). The Hall–Kier alpha value is -0.670. The van der Waals surface area contributed by atoms with Gasteiger partial charge in [0.25, 0.3) is 0 Å². The van der Waals surface area contributed by atoms with Gasteiger partial charge in [0, 0.05) is 11.4 Å². The molecule has 1 saturated heterocycles. The van der Waals surface area contributed by atoms with E-state index in [1.165, 1.54) is 0 Å². The quantitative estimate of drug-likeness (QED) is 0.798. The molecule has 1 aromatic carbocycles. The summed E-state index contributed by atoms with van der Waals surface area (Å²) in [6, 6.07) is 10.1. The van der Waals surface area contributed by atoms with Gasteiger partial charge in [0.1, 0.15) is 0 Å². The van der Waals surface area contributed by atoms with E-state index in [4.69, 9.17) is 0 Å². The molecule has 1 heterocycles. The summed E-state index contributed by atoms with van der Waals surface area (Å²) in [4.78, 5) is 0. The van der Waals surface area contributed by atoms with E-state index >= 15 is 0 Å². The lowest BCUT2D eigenvalue weighted by atomic mass is 10.00. The van der Waals surface area contributed by atoms with Crippen LogP contribution in [0.3, 0.4) is 0 Å². The van der Waals surface area contributed by atoms with Gasteiger partial charge in [-0.05, 0) is 24.3 Å². The Balaban J connectivity index is 2.08. The largest absolute Gasteiger partial charge is 0.394 e. The standard InChI is InChI=1S/C11H15NOS/c13-8-11(6-7-14-9-11)12-10-4-2-1-3-5-10/h1-5,12-13H,6-9H2. The number of anilines is 1. The highest BCUT2D eigenvalue weighted by Crippen LogP contribution is 2.30. The molecular weight excluding hydrogens is 194 g/mol. The Labute approximate surface area is 88.7 Å². The summed E-state index contributed by atoms with van der Waals surface area (Å²) in [6.07, 6.45) is 1.04. The van der Waals surface area contributed by atoms with Gasteiger partial charge in [-0.1, -0.05) is 18.2 Å². The third kappa shape index (κ3) is 2.04. The summed E-state index contributed by atoms with van der Waals surface area (Å²) in [5.74, 6) is 2.14. The van der Waals surface area contributed by atoms with Gasteiger partial charge in [-0.25, -0.2) is 0 Å². The lowest BCUT2D eigenvalue weighted by Gasteiger charge is -2.28. The average molecular weight is 209 g/mol. The lowest BCUT2D eigenvalue weighted by Crippen LogP contribution is -2.42. The van der Waals surface area contributed by atoms with Gasteiger partial charge in [-0.2, -0.15) is 11.8 Å². The third-order valence-corrected chi connectivity index (χ3v) is 3.84. The lowest BCUT2D eigenvalue weighted by molar-refractivity contribution is 0.226. The zero-order valence-corrected chi connectivity index (χ0v) is 8.89. The molecule has 1 atom stereocenters. The number of benzene rings is 1. The van der Waals surface area contributed by atoms with Crippen molar-refractivity contribution in [3.8, 4) is 0 Å². The van der Waals surface area contributed by atoms with Crippen LogP contribution in [0.1, 0.15) is 6.42 Å².